The van der Waals surface area contributed by atoms with E-state index < -0.39 is 0 Å². The summed E-state index contributed by atoms with van der Waals surface area (Å²) in [6.07, 6.45) is 3.50. The summed E-state index contributed by atoms with van der Waals surface area (Å²) in [6, 6.07) is 22.0. The quantitative estimate of drug-likeness (QED) is 0.409. The van der Waals surface area contributed by atoms with Crippen molar-refractivity contribution in [3.05, 3.63) is 101 Å². The summed E-state index contributed by atoms with van der Waals surface area (Å²) in [5.41, 5.74) is 3.56. The summed E-state index contributed by atoms with van der Waals surface area (Å²) < 4.78 is 7.45. The van der Waals surface area contributed by atoms with E-state index in [9.17, 15) is 4.79 Å². The first-order chi connectivity index (χ1) is 14.2. The third-order valence-electron chi connectivity index (χ3n) is 4.59. The highest BCUT2D eigenvalue weighted by molar-refractivity contribution is 6.31. The fourth-order valence-electron chi connectivity index (χ4n) is 3.20. The maximum Gasteiger partial charge on any atom is 0.267 e. The number of oxazole rings is 1. The van der Waals surface area contributed by atoms with Gasteiger partial charge in [-0.25, -0.2) is 4.98 Å². The van der Waals surface area contributed by atoms with Crippen molar-refractivity contribution in [2.75, 3.05) is 0 Å². The second-order valence-corrected chi connectivity index (χ2v) is 6.94. The number of hydrogen-bond acceptors (Lipinski definition) is 4. The van der Waals surface area contributed by atoms with E-state index in [1.54, 1.807) is 41.2 Å². The van der Waals surface area contributed by atoms with E-state index in [4.69, 9.17) is 16.0 Å². The normalized spacial score (nSPS) is 11.1. The topological polar surface area (TPSA) is 60.9 Å². The first kappa shape index (κ1) is 17.4. The van der Waals surface area contributed by atoms with Gasteiger partial charge in [0.15, 0.2) is 5.58 Å². The number of nitrogens with zero attached hydrogens (tertiary/aromatic N) is 3. The summed E-state index contributed by atoms with van der Waals surface area (Å²) >= 11 is 6.06. The van der Waals surface area contributed by atoms with Gasteiger partial charge in [-0.2, -0.15) is 0 Å². The van der Waals surface area contributed by atoms with Crippen molar-refractivity contribution in [3.63, 3.8) is 0 Å². The lowest BCUT2D eigenvalue weighted by Gasteiger charge is -2.10. The minimum absolute atomic E-state index is 0.228. The Balaban J connectivity index is 1.78. The molecule has 29 heavy (non-hydrogen) atoms. The number of fused-ring (bicyclic) bond motifs is 1. The minimum atomic E-state index is -0.228. The molecule has 0 aliphatic rings. The molecule has 0 amide bonds. The molecule has 0 saturated carbocycles. The Bertz CT molecular complexity index is 1380. The van der Waals surface area contributed by atoms with Crippen LogP contribution >= 0.6 is 11.6 Å². The molecule has 0 spiro atoms. The lowest BCUT2D eigenvalue weighted by Crippen LogP contribution is -2.20. The van der Waals surface area contributed by atoms with Gasteiger partial charge in [0.2, 0.25) is 5.89 Å². The number of aromatic nitrogens is 3. The Morgan fingerprint density at radius 2 is 1.76 bits per heavy atom. The molecule has 0 saturated heterocycles. The van der Waals surface area contributed by atoms with Crippen LogP contribution in [-0.2, 0) is 0 Å². The molecule has 0 aliphatic heterocycles. The van der Waals surface area contributed by atoms with Crippen molar-refractivity contribution in [3.8, 4) is 28.4 Å². The van der Waals surface area contributed by atoms with Crippen LogP contribution in [0, 0.1) is 0 Å². The molecule has 3 heterocycles. The van der Waals surface area contributed by atoms with Gasteiger partial charge in [0.25, 0.3) is 5.56 Å². The predicted molar refractivity (Wildman–Crippen MR) is 113 cm³/mol. The van der Waals surface area contributed by atoms with E-state index in [2.05, 4.69) is 9.97 Å². The minimum Gasteiger partial charge on any atom is -0.436 e. The zero-order valence-corrected chi connectivity index (χ0v) is 15.9. The summed E-state index contributed by atoms with van der Waals surface area (Å²) in [7, 11) is 0. The van der Waals surface area contributed by atoms with Gasteiger partial charge in [0.1, 0.15) is 11.1 Å². The van der Waals surface area contributed by atoms with Crippen LogP contribution in [0.25, 0.3) is 39.5 Å². The number of halogens is 1. The molecule has 5 aromatic rings. The number of pyridine rings is 2. The van der Waals surface area contributed by atoms with E-state index in [1.807, 2.05) is 48.5 Å². The highest BCUT2D eigenvalue weighted by Crippen LogP contribution is 2.27. The zero-order valence-electron chi connectivity index (χ0n) is 15.1. The van der Waals surface area contributed by atoms with Crippen LogP contribution in [0.15, 0.2) is 94.4 Å². The second-order valence-electron chi connectivity index (χ2n) is 6.50. The molecule has 5 rings (SSSR count). The van der Waals surface area contributed by atoms with Gasteiger partial charge in [-0.3, -0.25) is 14.3 Å². The fraction of sp³-hybridized carbons (Fsp3) is 0. The Kier molecular flexibility index (Phi) is 4.22. The Morgan fingerprint density at radius 3 is 2.55 bits per heavy atom. The molecule has 5 nitrogen and oxygen atoms in total. The average molecular weight is 400 g/mol. The fourth-order valence-corrected chi connectivity index (χ4v) is 3.37. The summed E-state index contributed by atoms with van der Waals surface area (Å²) in [4.78, 5) is 22.2. The Labute approximate surface area is 170 Å². The van der Waals surface area contributed by atoms with Crippen molar-refractivity contribution in [1.29, 1.82) is 0 Å². The standard InChI is InChI=1S/C23H14ClN3O2/c24-16-9-10-21-20(13-16)26-22(29-21)18-12-15(19-8-4-5-11-25-19)14-27(23(18)28)17-6-2-1-3-7-17/h1-14H. The van der Waals surface area contributed by atoms with Gasteiger partial charge in [-0.15, -0.1) is 0 Å². The SMILES string of the molecule is O=c1c(-c2nc3cc(Cl)ccc3o2)cc(-c2ccccn2)cn1-c1ccccc1. The van der Waals surface area contributed by atoms with Gasteiger partial charge in [-0.1, -0.05) is 35.9 Å². The van der Waals surface area contributed by atoms with Crippen LogP contribution in [0.1, 0.15) is 0 Å². The average Bonchev–Trinajstić information content (AvgIpc) is 3.18. The molecule has 6 heteroatoms. The van der Waals surface area contributed by atoms with E-state index in [0.29, 0.717) is 21.7 Å². The van der Waals surface area contributed by atoms with Crippen molar-refractivity contribution in [2.45, 2.75) is 0 Å². The first-order valence-electron chi connectivity index (χ1n) is 8.99. The number of para-hydroxylation sites is 1. The predicted octanol–water partition coefficient (Wildman–Crippen LogP) is 5.36. The van der Waals surface area contributed by atoms with Crippen molar-refractivity contribution >= 4 is 22.7 Å². The Morgan fingerprint density at radius 1 is 0.931 bits per heavy atom. The van der Waals surface area contributed by atoms with E-state index in [-0.39, 0.29) is 11.4 Å². The third kappa shape index (κ3) is 3.22. The molecule has 0 unspecified atom stereocenters. The van der Waals surface area contributed by atoms with Crippen LogP contribution in [0.3, 0.4) is 0 Å². The molecule has 0 aliphatic carbocycles. The molecular formula is C23H14ClN3O2. The Hall–Kier alpha value is -3.70. The van der Waals surface area contributed by atoms with Crippen molar-refractivity contribution in [1.82, 2.24) is 14.5 Å². The van der Waals surface area contributed by atoms with Crippen molar-refractivity contribution in [2.24, 2.45) is 0 Å². The zero-order chi connectivity index (χ0) is 19.8. The van der Waals surface area contributed by atoms with Gasteiger partial charge in [0, 0.05) is 28.7 Å². The number of benzene rings is 2. The van der Waals surface area contributed by atoms with E-state index >= 15 is 0 Å². The summed E-state index contributed by atoms with van der Waals surface area (Å²) in [5, 5.41) is 0.557. The van der Waals surface area contributed by atoms with Gasteiger partial charge < -0.3 is 4.42 Å². The smallest absolute Gasteiger partial charge is 0.267 e. The molecule has 2 aromatic carbocycles. The monoisotopic (exact) mass is 399 g/mol. The molecular weight excluding hydrogens is 386 g/mol. The molecule has 0 atom stereocenters. The number of rotatable bonds is 3. The highest BCUT2D eigenvalue weighted by Gasteiger charge is 2.17. The van der Waals surface area contributed by atoms with Gasteiger partial charge >= 0.3 is 0 Å². The molecule has 3 aromatic heterocycles. The van der Waals surface area contributed by atoms with Crippen molar-refractivity contribution < 1.29 is 4.42 Å². The van der Waals surface area contributed by atoms with Crippen LogP contribution < -0.4 is 5.56 Å². The largest absolute Gasteiger partial charge is 0.436 e. The first-order valence-corrected chi connectivity index (χ1v) is 9.37. The van der Waals surface area contributed by atoms with Gasteiger partial charge in [-0.05, 0) is 48.5 Å². The van der Waals surface area contributed by atoms with Crippen LogP contribution in [0.4, 0.5) is 0 Å². The lowest BCUT2D eigenvalue weighted by atomic mass is 10.1. The molecule has 0 radical (unpaired) electrons. The van der Waals surface area contributed by atoms with Crippen LogP contribution in [0.2, 0.25) is 5.02 Å². The molecule has 0 bridgehead atoms. The molecule has 0 fully saturated rings. The molecule has 0 N–H and O–H groups in total. The van der Waals surface area contributed by atoms with Crippen LogP contribution in [-0.4, -0.2) is 14.5 Å². The van der Waals surface area contributed by atoms with E-state index in [1.165, 1.54) is 0 Å². The maximum absolute atomic E-state index is 13.3. The lowest BCUT2D eigenvalue weighted by molar-refractivity contribution is 0.618. The maximum atomic E-state index is 13.3. The second kappa shape index (κ2) is 7.04. The third-order valence-corrected chi connectivity index (χ3v) is 4.83. The van der Waals surface area contributed by atoms with Crippen LogP contribution in [0.5, 0.6) is 0 Å². The summed E-state index contributed by atoms with van der Waals surface area (Å²) in [6.45, 7) is 0. The molecule has 140 valence electrons. The number of hydrogen-bond donors (Lipinski definition) is 0. The van der Waals surface area contributed by atoms with Gasteiger partial charge in [0.05, 0.1) is 5.69 Å². The summed E-state index contributed by atoms with van der Waals surface area (Å²) in [5.74, 6) is 0.245. The highest BCUT2D eigenvalue weighted by atomic mass is 35.5. The van der Waals surface area contributed by atoms with E-state index in [0.717, 1.165) is 16.9 Å².